The zero-order chi connectivity index (χ0) is 25.0. The van der Waals surface area contributed by atoms with E-state index in [-0.39, 0.29) is 18.8 Å². The van der Waals surface area contributed by atoms with Crippen LogP contribution in [-0.4, -0.2) is 63.4 Å². The second-order valence-electron chi connectivity index (χ2n) is 8.22. The summed E-state index contributed by atoms with van der Waals surface area (Å²) in [5, 5.41) is 3.15. The Balaban J connectivity index is 1.89. The first-order chi connectivity index (χ1) is 17.0. The molecule has 1 fully saturated rings. The van der Waals surface area contributed by atoms with Gasteiger partial charge in [0.2, 0.25) is 0 Å². The van der Waals surface area contributed by atoms with Gasteiger partial charge in [-0.05, 0) is 37.1 Å². The van der Waals surface area contributed by atoms with Crippen molar-refractivity contribution in [2.24, 2.45) is 0 Å². The number of nitrogens with one attached hydrogen (secondary N) is 1. The number of esters is 2. The molecule has 3 rings (SSSR count). The molecule has 2 aromatic rings. The average Bonchev–Trinajstić information content (AvgIpc) is 2.86. The minimum atomic E-state index is -0.721. The van der Waals surface area contributed by atoms with Crippen molar-refractivity contribution < 1.29 is 23.8 Å². The van der Waals surface area contributed by atoms with Crippen molar-refractivity contribution in [3.63, 3.8) is 0 Å². The molecule has 0 bridgehead atoms. The van der Waals surface area contributed by atoms with Crippen molar-refractivity contribution in [2.45, 2.75) is 26.9 Å². The smallest absolute Gasteiger partial charge is 0.347 e. The number of rotatable bonds is 11. The zero-order valence-electron chi connectivity index (χ0n) is 20.8. The Morgan fingerprint density at radius 2 is 1.66 bits per heavy atom. The Morgan fingerprint density at radius 1 is 1.00 bits per heavy atom. The molecule has 8 heteroatoms. The van der Waals surface area contributed by atoms with Crippen LogP contribution >= 0.6 is 0 Å². The summed E-state index contributed by atoms with van der Waals surface area (Å²) in [4.78, 5) is 29.2. The highest BCUT2D eigenvalue weighted by Crippen LogP contribution is 2.29. The first-order valence-corrected chi connectivity index (χ1v) is 12.0. The fraction of sp³-hybridized carbons (Fsp3) is 0.407. The fourth-order valence-corrected chi connectivity index (χ4v) is 3.84. The van der Waals surface area contributed by atoms with Gasteiger partial charge in [0.25, 0.3) is 0 Å². The van der Waals surface area contributed by atoms with E-state index in [4.69, 9.17) is 14.2 Å². The van der Waals surface area contributed by atoms with Crippen LogP contribution in [0, 0.1) is 0 Å². The molecule has 35 heavy (non-hydrogen) atoms. The van der Waals surface area contributed by atoms with Crippen molar-refractivity contribution in [1.29, 1.82) is 0 Å². The number of carbonyl (C=O) groups excluding carboxylic acids is 2. The van der Waals surface area contributed by atoms with Crippen LogP contribution in [0.25, 0.3) is 0 Å². The summed E-state index contributed by atoms with van der Waals surface area (Å²) in [7, 11) is 2.02. The van der Waals surface area contributed by atoms with Crippen LogP contribution < -0.4 is 10.2 Å². The average molecular weight is 482 g/mol. The molecule has 188 valence electrons. The highest BCUT2D eigenvalue weighted by molar-refractivity contribution is 6.14. The van der Waals surface area contributed by atoms with Gasteiger partial charge < -0.3 is 24.4 Å². The molecule has 0 saturated carbocycles. The van der Waals surface area contributed by atoms with Crippen LogP contribution in [0.2, 0.25) is 0 Å². The Bertz CT molecular complexity index is 983. The van der Waals surface area contributed by atoms with Crippen molar-refractivity contribution in [1.82, 2.24) is 4.90 Å². The lowest BCUT2D eigenvalue weighted by molar-refractivity contribution is -0.146. The summed E-state index contributed by atoms with van der Waals surface area (Å²) < 4.78 is 15.6. The summed E-state index contributed by atoms with van der Waals surface area (Å²) in [5.41, 5.74) is 3.88. The topological polar surface area (TPSA) is 80.3 Å². The van der Waals surface area contributed by atoms with Crippen LogP contribution in [-0.2, 0) is 36.9 Å². The summed E-state index contributed by atoms with van der Waals surface area (Å²) in [6.07, 6.45) is 1.37. The molecule has 0 spiro atoms. The van der Waals surface area contributed by atoms with E-state index in [9.17, 15) is 9.59 Å². The molecule has 0 aromatic heterocycles. The number of ether oxygens (including phenoxy) is 3. The van der Waals surface area contributed by atoms with E-state index < -0.39 is 11.9 Å². The Kier molecular flexibility index (Phi) is 10.1. The number of carbonyl (C=O) groups is 2. The first kappa shape index (κ1) is 26.2. The van der Waals surface area contributed by atoms with Gasteiger partial charge >= 0.3 is 11.9 Å². The van der Waals surface area contributed by atoms with E-state index in [1.54, 1.807) is 13.8 Å². The number of nitrogens with zero attached hydrogens (tertiary/aromatic N) is 2. The monoisotopic (exact) mass is 481 g/mol. The van der Waals surface area contributed by atoms with Gasteiger partial charge in [-0.15, -0.1) is 0 Å². The van der Waals surface area contributed by atoms with Gasteiger partial charge in [0.1, 0.15) is 0 Å². The van der Waals surface area contributed by atoms with Gasteiger partial charge in [-0.3, -0.25) is 4.90 Å². The van der Waals surface area contributed by atoms with Crippen LogP contribution in [0.5, 0.6) is 0 Å². The summed E-state index contributed by atoms with van der Waals surface area (Å²) in [5.74, 6) is -1.44. The SMILES string of the molecule is CCOC(=O)C(=CNc1ccc(CN2CCOCC2)cc1N(C)Cc1ccccc1)C(=O)OCC. The summed E-state index contributed by atoms with van der Waals surface area (Å²) in [6, 6.07) is 16.4. The number of hydrogen-bond acceptors (Lipinski definition) is 8. The Hall–Kier alpha value is -3.36. The molecular weight excluding hydrogens is 446 g/mol. The van der Waals surface area contributed by atoms with E-state index in [0.29, 0.717) is 6.54 Å². The van der Waals surface area contributed by atoms with E-state index in [0.717, 1.165) is 44.2 Å². The standard InChI is InChI=1S/C27H35N3O5/c1-4-34-26(31)23(27(32)35-5-2)18-28-24-12-11-22(20-30-13-15-33-16-14-30)17-25(24)29(3)19-21-9-7-6-8-10-21/h6-12,17-18,28H,4-5,13-16,19-20H2,1-3H3. The molecule has 0 radical (unpaired) electrons. The molecule has 0 unspecified atom stereocenters. The molecule has 0 aliphatic carbocycles. The molecular formula is C27H35N3O5. The maximum Gasteiger partial charge on any atom is 0.347 e. The first-order valence-electron chi connectivity index (χ1n) is 12.0. The van der Waals surface area contributed by atoms with Crippen LogP contribution in [0.15, 0.2) is 60.3 Å². The summed E-state index contributed by atoms with van der Waals surface area (Å²) in [6.45, 7) is 8.53. The Labute approximate surface area is 207 Å². The van der Waals surface area contributed by atoms with E-state index in [1.807, 2.05) is 31.3 Å². The van der Waals surface area contributed by atoms with Crippen molar-refractivity contribution in [2.75, 3.05) is 56.8 Å². The molecule has 0 amide bonds. The minimum Gasteiger partial charge on any atom is -0.462 e. The molecule has 8 nitrogen and oxygen atoms in total. The molecule has 1 saturated heterocycles. The molecule has 2 aromatic carbocycles. The number of morpholine rings is 1. The van der Waals surface area contributed by atoms with Crippen molar-refractivity contribution in [3.8, 4) is 0 Å². The molecule has 1 N–H and O–H groups in total. The van der Waals surface area contributed by atoms with Gasteiger partial charge in [-0.25, -0.2) is 9.59 Å². The highest BCUT2D eigenvalue weighted by Gasteiger charge is 2.21. The highest BCUT2D eigenvalue weighted by atomic mass is 16.6. The van der Waals surface area contributed by atoms with Crippen LogP contribution in [0.3, 0.4) is 0 Å². The molecule has 1 aliphatic rings. The van der Waals surface area contributed by atoms with Crippen molar-refractivity contribution in [3.05, 3.63) is 71.4 Å². The molecule has 0 atom stereocenters. The molecule has 1 aliphatic heterocycles. The van der Waals surface area contributed by atoms with Crippen LogP contribution in [0.4, 0.5) is 11.4 Å². The van der Waals surface area contributed by atoms with Crippen molar-refractivity contribution >= 4 is 23.3 Å². The lowest BCUT2D eigenvalue weighted by atomic mass is 10.1. The van der Waals surface area contributed by atoms with Gasteiger partial charge in [-0.2, -0.15) is 0 Å². The summed E-state index contributed by atoms with van der Waals surface area (Å²) >= 11 is 0. The number of hydrogen-bond donors (Lipinski definition) is 1. The van der Waals surface area contributed by atoms with E-state index >= 15 is 0 Å². The minimum absolute atomic E-state index is 0.164. The predicted octanol–water partition coefficient (Wildman–Crippen LogP) is 3.58. The quantitative estimate of drug-likeness (QED) is 0.226. The van der Waals surface area contributed by atoms with E-state index in [1.165, 1.54) is 17.3 Å². The predicted molar refractivity (Wildman–Crippen MR) is 136 cm³/mol. The van der Waals surface area contributed by atoms with Gasteiger partial charge in [0, 0.05) is 39.4 Å². The van der Waals surface area contributed by atoms with Gasteiger partial charge in [-0.1, -0.05) is 36.4 Å². The fourth-order valence-electron chi connectivity index (χ4n) is 3.84. The van der Waals surface area contributed by atoms with E-state index in [2.05, 4.69) is 39.4 Å². The second-order valence-corrected chi connectivity index (χ2v) is 8.22. The zero-order valence-corrected chi connectivity index (χ0v) is 20.8. The lowest BCUT2D eigenvalue weighted by Gasteiger charge is -2.28. The Morgan fingerprint density at radius 3 is 2.29 bits per heavy atom. The number of anilines is 2. The molecule has 1 heterocycles. The largest absolute Gasteiger partial charge is 0.462 e. The normalized spacial score (nSPS) is 13.6. The van der Waals surface area contributed by atoms with Crippen LogP contribution in [0.1, 0.15) is 25.0 Å². The maximum absolute atomic E-state index is 12.4. The van der Waals surface area contributed by atoms with Gasteiger partial charge in [0.05, 0.1) is 37.8 Å². The third kappa shape index (κ3) is 7.83. The third-order valence-corrected chi connectivity index (χ3v) is 5.61. The number of benzene rings is 2. The lowest BCUT2D eigenvalue weighted by Crippen LogP contribution is -2.35. The van der Waals surface area contributed by atoms with Gasteiger partial charge in [0.15, 0.2) is 5.57 Å². The second kappa shape index (κ2) is 13.5. The maximum atomic E-state index is 12.4. The third-order valence-electron chi connectivity index (χ3n) is 5.61.